The minimum atomic E-state index is 0.805. The molecule has 3 heteroatoms. The Balaban J connectivity index is 1.86. The van der Waals surface area contributed by atoms with E-state index >= 15 is 0 Å². The normalized spacial score (nSPS) is 15.0. The maximum atomic E-state index is 5.41. The average Bonchev–Trinajstić information content (AvgIpc) is 3.12. The zero-order valence-electron chi connectivity index (χ0n) is 12.6. The molecule has 0 unspecified atom stereocenters. The number of hydrogen-bond donors (Lipinski definition) is 1. The summed E-state index contributed by atoms with van der Waals surface area (Å²) in [5.41, 5.74) is 3.81. The molecule has 106 valence electrons. The van der Waals surface area contributed by atoms with Gasteiger partial charge in [-0.05, 0) is 50.4 Å². The molecule has 19 heavy (non-hydrogen) atoms. The second-order valence-corrected chi connectivity index (χ2v) is 5.73. The summed E-state index contributed by atoms with van der Waals surface area (Å²) in [6.07, 6.45) is 2.72. The van der Waals surface area contributed by atoms with Crippen molar-refractivity contribution < 1.29 is 4.74 Å². The van der Waals surface area contributed by atoms with Gasteiger partial charge in [0, 0.05) is 25.7 Å². The smallest absolute Gasteiger partial charge is 0.124 e. The third kappa shape index (κ3) is 4.22. The van der Waals surface area contributed by atoms with Gasteiger partial charge >= 0.3 is 0 Å². The average molecular weight is 262 g/mol. The number of nitrogens with zero attached hydrogens (tertiary/aromatic N) is 1. The molecule has 1 aromatic rings. The van der Waals surface area contributed by atoms with Gasteiger partial charge in [-0.15, -0.1) is 0 Å². The molecule has 1 N–H and O–H groups in total. The van der Waals surface area contributed by atoms with E-state index in [1.807, 2.05) is 0 Å². The van der Waals surface area contributed by atoms with Crippen molar-refractivity contribution >= 4 is 0 Å². The predicted octanol–water partition coefficient (Wildman–Crippen LogP) is 2.50. The SMILES string of the molecule is COc1c(C)cc(CN(C)CCNC2CC2)cc1C. The first-order valence-corrected chi connectivity index (χ1v) is 7.16. The highest BCUT2D eigenvalue weighted by Crippen LogP contribution is 2.24. The van der Waals surface area contributed by atoms with Crippen LogP contribution in [0.5, 0.6) is 5.75 Å². The summed E-state index contributed by atoms with van der Waals surface area (Å²) < 4.78 is 5.41. The molecule has 1 aliphatic rings. The molecule has 1 fully saturated rings. The molecule has 0 bridgehead atoms. The van der Waals surface area contributed by atoms with E-state index in [4.69, 9.17) is 4.74 Å². The van der Waals surface area contributed by atoms with Gasteiger partial charge in [0.25, 0.3) is 0 Å². The zero-order valence-corrected chi connectivity index (χ0v) is 12.6. The number of aryl methyl sites for hydroxylation is 2. The van der Waals surface area contributed by atoms with E-state index in [0.29, 0.717) is 0 Å². The molecule has 0 spiro atoms. The molecule has 0 aliphatic heterocycles. The van der Waals surface area contributed by atoms with Crippen molar-refractivity contribution in [2.75, 3.05) is 27.2 Å². The highest BCUT2D eigenvalue weighted by molar-refractivity contribution is 5.43. The Kier molecular flexibility index (Phi) is 4.83. The van der Waals surface area contributed by atoms with Crippen molar-refractivity contribution in [2.24, 2.45) is 0 Å². The van der Waals surface area contributed by atoms with Gasteiger partial charge < -0.3 is 15.0 Å². The summed E-state index contributed by atoms with van der Waals surface area (Å²) in [6.45, 7) is 7.42. The molecule has 3 nitrogen and oxygen atoms in total. The van der Waals surface area contributed by atoms with Gasteiger partial charge in [-0.1, -0.05) is 12.1 Å². The fourth-order valence-electron chi connectivity index (χ4n) is 2.59. The van der Waals surface area contributed by atoms with Crippen LogP contribution in [0.1, 0.15) is 29.5 Å². The van der Waals surface area contributed by atoms with E-state index in [9.17, 15) is 0 Å². The van der Waals surface area contributed by atoms with Crippen molar-refractivity contribution in [2.45, 2.75) is 39.3 Å². The molecule has 0 aromatic heterocycles. The van der Waals surface area contributed by atoms with Gasteiger partial charge in [-0.25, -0.2) is 0 Å². The Morgan fingerprint density at radius 1 is 1.26 bits per heavy atom. The van der Waals surface area contributed by atoms with Gasteiger partial charge in [0.15, 0.2) is 0 Å². The largest absolute Gasteiger partial charge is 0.496 e. The first kappa shape index (κ1) is 14.4. The van der Waals surface area contributed by atoms with Crippen LogP contribution in [0, 0.1) is 13.8 Å². The molecular weight excluding hydrogens is 236 g/mol. The minimum absolute atomic E-state index is 0.805. The Morgan fingerprint density at radius 2 is 1.89 bits per heavy atom. The summed E-state index contributed by atoms with van der Waals surface area (Å²) in [5.74, 6) is 1.02. The number of benzene rings is 1. The topological polar surface area (TPSA) is 24.5 Å². The van der Waals surface area contributed by atoms with E-state index in [-0.39, 0.29) is 0 Å². The van der Waals surface area contributed by atoms with E-state index < -0.39 is 0 Å². The van der Waals surface area contributed by atoms with Crippen molar-refractivity contribution in [3.63, 3.8) is 0 Å². The maximum absolute atomic E-state index is 5.41. The van der Waals surface area contributed by atoms with Gasteiger partial charge in [-0.2, -0.15) is 0 Å². The standard InChI is InChI=1S/C16H26N2O/c1-12-9-14(10-13(2)16(12)19-4)11-18(3)8-7-17-15-5-6-15/h9-10,15,17H,5-8,11H2,1-4H3. The van der Waals surface area contributed by atoms with Crippen LogP contribution in [0.25, 0.3) is 0 Å². The summed E-state index contributed by atoms with van der Waals surface area (Å²) >= 11 is 0. The van der Waals surface area contributed by atoms with Gasteiger partial charge in [0.1, 0.15) is 5.75 Å². The second kappa shape index (κ2) is 6.40. The van der Waals surface area contributed by atoms with Crippen LogP contribution in [0.3, 0.4) is 0 Å². The Morgan fingerprint density at radius 3 is 2.42 bits per heavy atom. The number of rotatable bonds is 7. The van der Waals surface area contributed by atoms with Crippen LogP contribution in [-0.4, -0.2) is 38.2 Å². The highest BCUT2D eigenvalue weighted by atomic mass is 16.5. The van der Waals surface area contributed by atoms with E-state index in [0.717, 1.165) is 31.4 Å². The number of nitrogens with one attached hydrogen (secondary N) is 1. The predicted molar refractivity (Wildman–Crippen MR) is 79.8 cm³/mol. The summed E-state index contributed by atoms with van der Waals surface area (Å²) in [6, 6.07) is 5.27. The van der Waals surface area contributed by atoms with Crippen LogP contribution >= 0.6 is 0 Å². The lowest BCUT2D eigenvalue weighted by Gasteiger charge is -2.18. The van der Waals surface area contributed by atoms with Crippen LogP contribution in [-0.2, 0) is 6.54 Å². The minimum Gasteiger partial charge on any atom is -0.496 e. The van der Waals surface area contributed by atoms with Crippen LogP contribution in [0.15, 0.2) is 12.1 Å². The van der Waals surface area contributed by atoms with Crippen molar-refractivity contribution in [1.29, 1.82) is 0 Å². The Hall–Kier alpha value is -1.06. The first-order chi connectivity index (χ1) is 9.10. The van der Waals surface area contributed by atoms with Crippen molar-refractivity contribution in [1.82, 2.24) is 10.2 Å². The molecule has 2 rings (SSSR count). The monoisotopic (exact) mass is 262 g/mol. The molecular formula is C16H26N2O. The molecule has 0 amide bonds. The van der Waals surface area contributed by atoms with E-state index in [2.05, 4.69) is 43.2 Å². The lowest BCUT2D eigenvalue weighted by molar-refractivity contribution is 0.323. The maximum Gasteiger partial charge on any atom is 0.124 e. The molecule has 0 radical (unpaired) electrons. The summed E-state index contributed by atoms with van der Waals surface area (Å²) in [5, 5.41) is 3.55. The van der Waals surface area contributed by atoms with Crippen molar-refractivity contribution in [3.05, 3.63) is 28.8 Å². The summed E-state index contributed by atoms with van der Waals surface area (Å²) in [4.78, 5) is 2.37. The van der Waals surface area contributed by atoms with Gasteiger partial charge in [0.2, 0.25) is 0 Å². The number of hydrogen-bond acceptors (Lipinski definition) is 3. The number of ether oxygens (including phenoxy) is 1. The van der Waals surface area contributed by atoms with Crippen LogP contribution in [0.2, 0.25) is 0 Å². The summed E-state index contributed by atoms with van der Waals surface area (Å²) in [7, 11) is 3.92. The van der Waals surface area contributed by atoms with E-state index in [1.165, 1.54) is 29.5 Å². The molecule has 0 heterocycles. The second-order valence-electron chi connectivity index (χ2n) is 5.73. The first-order valence-electron chi connectivity index (χ1n) is 7.16. The Labute approximate surface area is 116 Å². The Bertz CT molecular complexity index is 404. The third-order valence-corrected chi connectivity index (χ3v) is 3.68. The van der Waals surface area contributed by atoms with Gasteiger partial charge in [-0.3, -0.25) is 0 Å². The van der Waals surface area contributed by atoms with Crippen LogP contribution in [0.4, 0.5) is 0 Å². The third-order valence-electron chi connectivity index (χ3n) is 3.68. The van der Waals surface area contributed by atoms with Crippen LogP contribution < -0.4 is 10.1 Å². The number of likely N-dealkylation sites (N-methyl/N-ethyl adjacent to an activating group) is 1. The fraction of sp³-hybridized carbons (Fsp3) is 0.625. The quantitative estimate of drug-likeness (QED) is 0.817. The van der Waals surface area contributed by atoms with E-state index in [1.54, 1.807) is 7.11 Å². The fourth-order valence-corrected chi connectivity index (χ4v) is 2.59. The highest BCUT2D eigenvalue weighted by Gasteiger charge is 2.19. The molecule has 1 aliphatic carbocycles. The molecule has 0 atom stereocenters. The van der Waals surface area contributed by atoms with Crippen molar-refractivity contribution in [3.8, 4) is 5.75 Å². The van der Waals surface area contributed by atoms with Gasteiger partial charge in [0.05, 0.1) is 7.11 Å². The molecule has 1 aromatic carbocycles. The molecule has 0 saturated heterocycles. The molecule has 1 saturated carbocycles. The number of methoxy groups -OCH3 is 1. The lowest BCUT2D eigenvalue weighted by Crippen LogP contribution is -2.30. The zero-order chi connectivity index (χ0) is 13.8. The lowest BCUT2D eigenvalue weighted by atomic mass is 10.1.